The molecule has 0 aliphatic carbocycles. The van der Waals surface area contributed by atoms with Gasteiger partial charge < -0.3 is 10.1 Å². The van der Waals surface area contributed by atoms with Crippen molar-refractivity contribution in [3.63, 3.8) is 0 Å². The zero-order chi connectivity index (χ0) is 19.1. The first kappa shape index (κ1) is 18.8. The molecule has 0 saturated heterocycles. The zero-order valence-corrected chi connectivity index (χ0v) is 16.3. The van der Waals surface area contributed by atoms with E-state index < -0.39 is 22.0 Å². The lowest BCUT2D eigenvalue weighted by Crippen LogP contribution is -2.48. The zero-order valence-electron chi connectivity index (χ0n) is 14.0. The standard InChI is InChI=1S/C17H16Cl2N2O4S/c1-10-3-4-15-14(5-10)21(26(2,23)24)9-16(25-15)17(22)20-13-7-11(18)6-12(19)8-13/h3-8,16H,9H2,1-2H3,(H,20,22)/t16-/m1/s1. The molecule has 1 atom stereocenters. The van der Waals surface area contributed by atoms with Gasteiger partial charge in [0.2, 0.25) is 10.0 Å². The lowest BCUT2D eigenvalue weighted by atomic mass is 10.1. The highest BCUT2D eigenvalue weighted by Gasteiger charge is 2.35. The fourth-order valence-corrected chi connectivity index (χ4v) is 4.09. The summed E-state index contributed by atoms with van der Waals surface area (Å²) in [7, 11) is -3.58. The Kier molecular flexibility index (Phi) is 5.05. The molecule has 9 heteroatoms. The van der Waals surface area contributed by atoms with Crippen molar-refractivity contribution < 1.29 is 17.9 Å². The molecular weight excluding hydrogens is 399 g/mol. The number of aryl methyl sites for hydroxylation is 1. The molecule has 1 heterocycles. The molecule has 1 aliphatic heterocycles. The molecule has 3 rings (SSSR count). The normalized spacial score (nSPS) is 16.6. The summed E-state index contributed by atoms with van der Waals surface area (Å²) in [6, 6.07) is 9.77. The highest BCUT2D eigenvalue weighted by atomic mass is 35.5. The number of nitrogens with zero attached hydrogens (tertiary/aromatic N) is 1. The third-order valence-electron chi connectivity index (χ3n) is 3.81. The average molecular weight is 415 g/mol. The van der Waals surface area contributed by atoms with Crippen molar-refractivity contribution in [2.24, 2.45) is 0 Å². The van der Waals surface area contributed by atoms with Crippen molar-refractivity contribution in [1.82, 2.24) is 0 Å². The van der Waals surface area contributed by atoms with Crippen LogP contribution < -0.4 is 14.4 Å². The van der Waals surface area contributed by atoms with Gasteiger partial charge in [-0.3, -0.25) is 9.10 Å². The number of fused-ring (bicyclic) bond motifs is 1. The SMILES string of the molecule is Cc1ccc2c(c1)N(S(C)(=O)=O)C[C@H](C(=O)Nc1cc(Cl)cc(Cl)c1)O2. The Labute approximate surface area is 161 Å². The molecule has 1 aliphatic rings. The number of nitrogens with one attached hydrogen (secondary N) is 1. The van der Waals surface area contributed by atoms with Crippen LogP contribution in [0, 0.1) is 6.92 Å². The number of hydrogen-bond donors (Lipinski definition) is 1. The van der Waals surface area contributed by atoms with Crippen molar-refractivity contribution in [2.75, 3.05) is 22.4 Å². The molecular formula is C17H16Cl2N2O4S. The largest absolute Gasteiger partial charge is 0.476 e. The van der Waals surface area contributed by atoms with E-state index in [1.807, 2.05) is 6.92 Å². The first-order valence-corrected chi connectivity index (χ1v) is 10.3. The monoisotopic (exact) mass is 414 g/mol. The van der Waals surface area contributed by atoms with Gasteiger partial charge in [0.1, 0.15) is 5.75 Å². The van der Waals surface area contributed by atoms with Crippen molar-refractivity contribution >= 4 is 50.5 Å². The van der Waals surface area contributed by atoms with Crippen LogP contribution in [0.4, 0.5) is 11.4 Å². The van der Waals surface area contributed by atoms with E-state index in [-0.39, 0.29) is 6.54 Å². The Morgan fingerprint density at radius 3 is 2.46 bits per heavy atom. The van der Waals surface area contributed by atoms with E-state index in [4.69, 9.17) is 27.9 Å². The lowest BCUT2D eigenvalue weighted by molar-refractivity contribution is -0.122. The fourth-order valence-electron chi connectivity index (χ4n) is 2.66. The molecule has 0 fully saturated rings. The molecule has 1 N–H and O–H groups in total. The van der Waals surface area contributed by atoms with Gasteiger partial charge >= 0.3 is 0 Å². The molecule has 0 aromatic heterocycles. The summed E-state index contributed by atoms with van der Waals surface area (Å²) < 4.78 is 31.3. The molecule has 0 radical (unpaired) electrons. The maximum atomic E-state index is 12.6. The predicted octanol–water partition coefficient (Wildman–Crippen LogP) is 3.47. The van der Waals surface area contributed by atoms with Gasteiger partial charge in [-0.15, -0.1) is 0 Å². The topological polar surface area (TPSA) is 75.7 Å². The summed E-state index contributed by atoms with van der Waals surface area (Å²) >= 11 is 11.9. The van der Waals surface area contributed by atoms with Crippen LogP contribution in [0.1, 0.15) is 5.56 Å². The van der Waals surface area contributed by atoms with Gasteiger partial charge in [0, 0.05) is 15.7 Å². The van der Waals surface area contributed by atoms with Crippen LogP contribution in [-0.2, 0) is 14.8 Å². The Morgan fingerprint density at radius 1 is 1.19 bits per heavy atom. The quantitative estimate of drug-likeness (QED) is 0.833. The minimum Gasteiger partial charge on any atom is -0.476 e. The van der Waals surface area contributed by atoms with Crippen LogP contribution in [0.15, 0.2) is 36.4 Å². The molecule has 2 aromatic carbocycles. The molecule has 138 valence electrons. The number of ether oxygens (including phenoxy) is 1. The van der Waals surface area contributed by atoms with Crippen LogP contribution in [0.3, 0.4) is 0 Å². The molecule has 1 amide bonds. The van der Waals surface area contributed by atoms with Crippen molar-refractivity contribution in [3.05, 3.63) is 52.0 Å². The van der Waals surface area contributed by atoms with Gasteiger partial charge in [-0.1, -0.05) is 29.3 Å². The second-order valence-electron chi connectivity index (χ2n) is 6.02. The lowest BCUT2D eigenvalue weighted by Gasteiger charge is -2.34. The van der Waals surface area contributed by atoms with E-state index in [1.54, 1.807) is 36.4 Å². The highest BCUT2D eigenvalue weighted by Crippen LogP contribution is 2.36. The Morgan fingerprint density at radius 2 is 1.85 bits per heavy atom. The van der Waals surface area contributed by atoms with Crippen LogP contribution in [0.2, 0.25) is 10.0 Å². The van der Waals surface area contributed by atoms with E-state index in [1.165, 1.54) is 4.31 Å². The number of amides is 1. The molecule has 0 unspecified atom stereocenters. The number of benzene rings is 2. The minimum atomic E-state index is -3.58. The third-order valence-corrected chi connectivity index (χ3v) is 5.39. The molecule has 0 spiro atoms. The number of hydrogen-bond acceptors (Lipinski definition) is 4. The molecule has 6 nitrogen and oxygen atoms in total. The molecule has 0 bridgehead atoms. The summed E-state index contributed by atoms with van der Waals surface area (Å²) in [5.74, 6) is -0.167. The summed E-state index contributed by atoms with van der Waals surface area (Å²) in [5, 5.41) is 3.40. The Hall–Kier alpha value is -1.96. The van der Waals surface area contributed by atoms with Gasteiger partial charge in [-0.25, -0.2) is 8.42 Å². The van der Waals surface area contributed by atoms with Crippen LogP contribution in [-0.4, -0.2) is 33.2 Å². The predicted molar refractivity (Wildman–Crippen MR) is 103 cm³/mol. The first-order valence-electron chi connectivity index (χ1n) is 7.65. The van der Waals surface area contributed by atoms with Crippen molar-refractivity contribution in [2.45, 2.75) is 13.0 Å². The van der Waals surface area contributed by atoms with Gasteiger partial charge in [0.25, 0.3) is 5.91 Å². The summed E-state index contributed by atoms with van der Waals surface area (Å²) in [4.78, 5) is 12.6. The average Bonchev–Trinajstić information content (AvgIpc) is 2.51. The number of carbonyl (C=O) groups excluding carboxylic acids is 1. The van der Waals surface area contributed by atoms with E-state index in [2.05, 4.69) is 5.32 Å². The number of rotatable bonds is 3. The van der Waals surface area contributed by atoms with E-state index in [9.17, 15) is 13.2 Å². The Balaban J connectivity index is 1.89. The van der Waals surface area contributed by atoms with E-state index in [0.29, 0.717) is 27.2 Å². The smallest absolute Gasteiger partial charge is 0.267 e. The van der Waals surface area contributed by atoms with E-state index in [0.717, 1.165) is 11.8 Å². The fraction of sp³-hybridized carbons (Fsp3) is 0.235. The van der Waals surface area contributed by atoms with E-state index >= 15 is 0 Å². The Bertz CT molecular complexity index is 958. The summed E-state index contributed by atoms with van der Waals surface area (Å²) in [6.45, 7) is 1.72. The first-order chi connectivity index (χ1) is 12.1. The third kappa shape index (κ3) is 4.06. The second kappa shape index (κ2) is 6.98. The van der Waals surface area contributed by atoms with Gasteiger partial charge in [-0.05, 0) is 42.8 Å². The van der Waals surface area contributed by atoms with Crippen LogP contribution >= 0.6 is 23.2 Å². The second-order valence-corrected chi connectivity index (χ2v) is 8.80. The van der Waals surface area contributed by atoms with Crippen molar-refractivity contribution in [1.29, 1.82) is 0 Å². The van der Waals surface area contributed by atoms with Crippen LogP contribution in [0.25, 0.3) is 0 Å². The van der Waals surface area contributed by atoms with Crippen molar-refractivity contribution in [3.8, 4) is 5.75 Å². The minimum absolute atomic E-state index is 0.130. The molecule has 2 aromatic rings. The summed E-state index contributed by atoms with van der Waals surface area (Å²) in [6.07, 6.45) is 0.0774. The number of sulfonamides is 1. The molecule has 0 saturated carbocycles. The maximum absolute atomic E-state index is 12.6. The van der Waals surface area contributed by atoms with Gasteiger partial charge in [0.15, 0.2) is 6.10 Å². The van der Waals surface area contributed by atoms with Gasteiger partial charge in [0.05, 0.1) is 18.5 Å². The molecule has 26 heavy (non-hydrogen) atoms. The highest BCUT2D eigenvalue weighted by molar-refractivity contribution is 7.92. The summed E-state index contributed by atoms with van der Waals surface area (Å²) in [5.41, 5.74) is 1.71. The van der Waals surface area contributed by atoms with Gasteiger partial charge in [-0.2, -0.15) is 0 Å². The number of anilines is 2. The maximum Gasteiger partial charge on any atom is 0.267 e. The number of carbonyl (C=O) groups is 1. The van der Waals surface area contributed by atoms with Crippen LogP contribution in [0.5, 0.6) is 5.75 Å². The number of halogens is 2.